The Morgan fingerprint density at radius 1 is 1.11 bits per heavy atom. The summed E-state index contributed by atoms with van der Waals surface area (Å²) in [5.41, 5.74) is 0.445. The average molecular weight is 277 g/mol. The van der Waals surface area contributed by atoms with Crippen molar-refractivity contribution < 1.29 is 17.9 Å². The molecule has 6 heteroatoms. The summed E-state index contributed by atoms with van der Waals surface area (Å²) in [5.74, 6) is 0.655. The average Bonchev–Trinajstić information content (AvgIpc) is 2.65. The summed E-state index contributed by atoms with van der Waals surface area (Å²) in [6.07, 6.45) is 4.69. The molecule has 2 rings (SSSR count). The molecule has 0 aromatic carbocycles. The Morgan fingerprint density at radius 3 is 1.83 bits per heavy atom. The SMILES string of the molecule is CC(C)(C)C1CCC2(CC1)OCCO2.N=S(=O)=O. The topological polar surface area (TPSA) is 76.5 Å². The van der Waals surface area contributed by atoms with Crippen LogP contribution in [0, 0.1) is 16.1 Å². The quantitative estimate of drug-likeness (QED) is 0.738. The molecule has 18 heavy (non-hydrogen) atoms. The van der Waals surface area contributed by atoms with Crippen molar-refractivity contribution in [3.05, 3.63) is 0 Å². The predicted molar refractivity (Wildman–Crippen MR) is 67.7 cm³/mol. The summed E-state index contributed by atoms with van der Waals surface area (Å²) in [4.78, 5) is 0. The van der Waals surface area contributed by atoms with Crippen LogP contribution in [0.3, 0.4) is 0 Å². The molecule has 1 N–H and O–H groups in total. The fraction of sp³-hybridized carbons (Fsp3) is 1.00. The highest BCUT2D eigenvalue weighted by atomic mass is 32.2. The Hall–Kier alpha value is -0.460. The number of hydrogen-bond donors (Lipinski definition) is 1. The standard InChI is InChI=1S/C12H22O2.HNO2S/c1-11(2,3)10-4-6-12(7-5-10)13-8-9-14-12;1-4(2)3/h10H,4-9H2,1-3H3;1H. The van der Waals surface area contributed by atoms with Gasteiger partial charge in [0.1, 0.15) is 0 Å². The zero-order chi connectivity index (χ0) is 13.8. The van der Waals surface area contributed by atoms with E-state index in [4.69, 9.17) is 22.7 Å². The lowest BCUT2D eigenvalue weighted by Crippen LogP contribution is -2.38. The summed E-state index contributed by atoms with van der Waals surface area (Å²) in [7, 11) is -2.61. The van der Waals surface area contributed by atoms with Gasteiger partial charge in [-0.05, 0) is 24.2 Å². The highest BCUT2D eigenvalue weighted by Crippen LogP contribution is 2.44. The Morgan fingerprint density at radius 2 is 1.50 bits per heavy atom. The van der Waals surface area contributed by atoms with Crippen LogP contribution >= 0.6 is 0 Å². The summed E-state index contributed by atoms with van der Waals surface area (Å²) in [5, 5.41) is 0. The Labute approximate surface area is 110 Å². The third-order valence-corrected chi connectivity index (χ3v) is 3.79. The number of hydrogen-bond acceptors (Lipinski definition) is 5. The fourth-order valence-electron chi connectivity index (χ4n) is 2.71. The molecular formula is C12H23NO4S. The van der Waals surface area contributed by atoms with Crippen LogP contribution in [0.2, 0.25) is 0 Å². The van der Waals surface area contributed by atoms with E-state index in [1.807, 2.05) is 0 Å². The van der Waals surface area contributed by atoms with E-state index in [2.05, 4.69) is 20.8 Å². The van der Waals surface area contributed by atoms with Gasteiger partial charge in [0.05, 0.1) is 13.2 Å². The minimum Gasteiger partial charge on any atom is -0.348 e. The maximum atomic E-state index is 8.67. The molecule has 106 valence electrons. The molecule has 0 amide bonds. The molecule has 1 saturated carbocycles. The number of nitrogens with one attached hydrogen (secondary N) is 1. The van der Waals surface area contributed by atoms with Gasteiger partial charge in [-0.15, -0.1) is 0 Å². The third-order valence-electron chi connectivity index (χ3n) is 3.79. The minimum atomic E-state index is -2.61. The molecule has 1 saturated heterocycles. The molecular weight excluding hydrogens is 254 g/mol. The predicted octanol–water partition coefficient (Wildman–Crippen LogP) is 2.59. The van der Waals surface area contributed by atoms with Gasteiger partial charge in [-0.2, -0.15) is 13.2 Å². The lowest BCUT2D eigenvalue weighted by Gasteiger charge is -2.40. The van der Waals surface area contributed by atoms with Crippen molar-refractivity contribution in [2.45, 2.75) is 52.2 Å². The van der Waals surface area contributed by atoms with Crippen LogP contribution in [-0.2, 0) is 20.0 Å². The van der Waals surface area contributed by atoms with Crippen molar-refractivity contribution in [3.63, 3.8) is 0 Å². The first-order valence-electron chi connectivity index (χ1n) is 6.34. The van der Waals surface area contributed by atoms with Crippen LogP contribution in [0.15, 0.2) is 0 Å². The van der Waals surface area contributed by atoms with E-state index in [1.54, 1.807) is 0 Å². The second kappa shape index (κ2) is 6.12. The first-order valence-corrected chi connectivity index (χ1v) is 7.41. The fourth-order valence-corrected chi connectivity index (χ4v) is 2.71. The van der Waals surface area contributed by atoms with Crippen molar-refractivity contribution >= 4 is 10.5 Å². The van der Waals surface area contributed by atoms with Crippen molar-refractivity contribution in [2.75, 3.05) is 13.2 Å². The molecule has 0 aromatic heterocycles. The second-order valence-corrected chi connectivity index (χ2v) is 6.45. The molecule has 1 spiro atoms. The number of rotatable bonds is 0. The maximum absolute atomic E-state index is 8.67. The zero-order valence-corrected chi connectivity index (χ0v) is 12.2. The van der Waals surface area contributed by atoms with E-state index in [-0.39, 0.29) is 5.79 Å². The molecule has 1 aliphatic carbocycles. The van der Waals surface area contributed by atoms with E-state index in [0.29, 0.717) is 5.41 Å². The largest absolute Gasteiger partial charge is 0.348 e. The van der Waals surface area contributed by atoms with E-state index in [1.165, 1.54) is 12.8 Å². The summed E-state index contributed by atoms with van der Waals surface area (Å²) >= 11 is 0. The van der Waals surface area contributed by atoms with Gasteiger partial charge >= 0.3 is 10.5 Å². The molecule has 2 fully saturated rings. The molecule has 0 aromatic rings. The Kier molecular flexibility index (Phi) is 5.31. The van der Waals surface area contributed by atoms with E-state index in [0.717, 1.165) is 32.0 Å². The normalized spacial score (nSPS) is 23.5. The minimum absolute atomic E-state index is 0.179. The van der Waals surface area contributed by atoms with Gasteiger partial charge in [0.25, 0.3) is 0 Å². The lowest BCUT2D eigenvalue weighted by atomic mass is 9.71. The summed E-state index contributed by atoms with van der Waals surface area (Å²) in [6, 6.07) is 0. The molecule has 1 heterocycles. The molecule has 2 aliphatic rings. The van der Waals surface area contributed by atoms with Gasteiger partial charge in [0.2, 0.25) is 0 Å². The first-order chi connectivity index (χ1) is 8.25. The second-order valence-electron chi connectivity index (χ2n) is 5.98. The summed E-state index contributed by atoms with van der Waals surface area (Å²) in [6.45, 7) is 8.60. The van der Waals surface area contributed by atoms with Crippen LogP contribution in [0.5, 0.6) is 0 Å². The van der Waals surface area contributed by atoms with Crippen molar-refractivity contribution in [2.24, 2.45) is 11.3 Å². The van der Waals surface area contributed by atoms with Gasteiger partial charge in [-0.3, -0.25) is 0 Å². The van der Waals surface area contributed by atoms with Crippen LogP contribution < -0.4 is 0 Å². The molecule has 0 unspecified atom stereocenters. The van der Waals surface area contributed by atoms with Crippen LogP contribution in [0.1, 0.15) is 46.5 Å². The van der Waals surface area contributed by atoms with E-state index >= 15 is 0 Å². The summed E-state index contributed by atoms with van der Waals surface area (Å²) < 4.78 is 34.3. The monoisotopic (exact) mass is 277 g/mol. The van der Waals surface area contributed by atoms with Gasteiger partial charge in [-0.25, -0.2) is 0 Å². The Balaban J connectivity index is 0.000000357. The smallest absolute Gasteiger partial charge is 0.308 e. The third kappa shape index (κ3) is 4.66. The maximum Gasteiger partial charge on any atom is 0.308 e. The van der Waals surface area contributed by atoms with Gasteiger partial charge in [0, 0.05) is 12.8 Å². The van der Waals surface area contributed by atoms with Crippen LogP contribution in [-0.4, -0.2) is 27.4 Å². The zero-order valence-electron chi connectivity index (χ0n) is 11.4. The van der Waals surface area contributed by atoms with Crippen molar-refractivity contribution in [1.82, 2.24) is 0 Å². The van der Waals surface area contributed by atoms with Gasteiger partial charge in [0.15, 0.2) is 5.79 Å². The molecule has 0 bridgehead atoms. The lowest BCUT2D eigenvalue weighted by molar-refractivity contribution is -0.186. The van der Waals surface area contributed by atoms with Crippen LogP contribution in [0.4, 0.5) is 0 Å². The highest BCUT2D eigenvalue weighted by Gasteiger charge is 2.42. The van der Waals surface area contributed by atoms with E-state index < -0.39 is 10.5 Å². The molecule has 5 nitrogen and oxygen atoms in total. The van der Waals surface area contributed by atoms with Gasteiger partial charge < -0.3 is 9.47 Å². The molecule has 0 radical (unpaired) electrons. The number of ether oxygens (including phenoxy) is 2. The molecule has 1 aliphatic heterocycles. The van der Waals surface area contributed by atoms with E-state index in [9.17, 15) is 0 Å². The van der Waals surface area contributed by atoms with Crippen LogP contribution in [0.25, 0.3) is 0 Å². The van der Waals surface area contributed by atoms with Crippen molar-refractivity contribution in [1.29, 1.82) is 4.78 Å². The van der Waals surface area contributed by atoms with Gasteiger partial charge in [-0.1, -0.05) is 20.8 Å². The molecule has 0 atom stereocenters. The first kappa shape index (κ1) is 15.6. The van der Waals surface area contributed by atoms with Crippen molar-refractivity contribution in [3.8, 4) is 0 Å². The Bertz CT molecular complexity index is 348. The highest BCUT2D eigenvalue weighted by molar-refractivity contribution is 7.60.